The molecule has 0 nitrogen and oxygen atoms in total. The van der Waals surface area contributed by atoms with Crippen LogP contribution in [0.3, 0.4) is 0 Å². The van der Waals surface area contributed by atoms with Crippen LogP contribution < -0.4 is 24.8 Å². The molecular weight excluding hydrogens is 562 g/mol. The molecule has 0 aliphatic heterocycles. The van der Waals surface area contributed by atoms with E-state index in [1.165, 1.54) is 71.2 Å². The Morgan fingerprint density at radius 2 is 1.00 bits per heavy atom. The van der Waals surface area contributed by atoms with Gasteiger partial charge in [-0.1, -0.05) is 51.7 Å². The Morgan fingerprint density at radius 3 is 1.34 bits per heavy atom. The molecule has 0 aromatic heterocycles. The van der Waals surface area contributed by atoms with E-state index in [2.05, 4.69) is 86.6 Å². The van der Waals surface area contributed by atoms with Gasteiger partial charge in [0, 0.05) is 0 Å². The van der Waals surface area contributed by atoms with E-state index in [1.807, 2.05) is 0 Å². The molecule has 3 heteroatoms. The zero-order valence-electron chi connectivity index (χ0n) is 17.4. The molecule has 4 rings (SSSR count). The van der Waals surface area contributed by atoms with E-state index in [0.717, 1.165) is 0 Å². The minimum Gasteiger partial charge on any atom is -1.00 e. The smallest absolute Gasteiger partial charge is 1.00 e. The maximum Gasteiger partial charge on any atom is 4.00 e. The maximum absolute atomic E-state index is 2.31. The summed E-state index contributed by atoms with van der Waals surface area (Å²) in [5.41, 5.74) is 2.98. The molecule has 0 atom stereocenters. The average Bonchev–Trinajstić information content (AvgIpc) is 3.28. The fourth-order valence-electron chi connectivity index (χ4n) is 3.48. The molecule has 0 saturated heterocycles. The van der Waals surface area contributed by atoms with E-state index in [9.17, 15) is 0 Å². The molecule has 0 aliphatic rings. The van der Waals surface area contributed by atoms with Gasteiger partial charge in [0.2, 0.25) is 0 Å². The second-order valence-electron chi connectivity index (χ2n) is 7.19. The van der Waals surface area contributed by atoms with E-state index in [0.29, 0.717) is 0 Å². The summed E-state index contributed by atoms with van der Waals surface area (Å²) in [6, 6.07) is 26.4. The fraction of sp³-hybridized carbons (Fsp3) is 0.308. The molecular formula is C26H30Cl2Hf. The van der Waals surface area contributed by atoms with Crippen LogP contribution in [-0.4, -0.2) is 0 Å². The van der Waals surface area contributed by atoms with Crippen LogP contribution in [0.15, 0.2) is 72.8 Å². The summed E-state index contributed by atoms with van der Waals surface area (Å²) < 4.78 is 0. The largest absolute Gasteiger partial charge is 4.00 e. The van der Waals surface area contributed by atoms with Crippen molar-refractivity contribution in [3.8, 4) is 0 Å². The summed E-state index contributed by atoms with van der Waals surface area (Å²) in [6.07, 6.45) is 7.62. The SMILES string of the molecule is CCCCc1cc2ccccc2[cH-]1.CCCCc1cc2ccccc2[cH-]1.[Cl-].[Cl-].[Hf+4]. The molecule has 0 aliphatic carbocycles. The predicted octanol–water partition coefficient (Wildman–Crippen LogP) is 1.81. The number of hydrogen-bond donors (Lipinski definition) is 0. The second kappa shape index (κ2) is 15.0. The van der Waals surface area contributed by atoms with Crippen LogP contribution in [0.5, 0.6) is 0 Å². The van der Waals surface area contributed by atoms with Crippen molar-refractivity contribution < 1.29 is 50.7 Å². The normalized spacial score (nSPS) is 9.72. The Morgan fingerprint density at radius 1 is 0.621 bits per heavy atom. The summed E-state index contributed by atoms with van der Waals surface area (Å²) in [5, 5.41) is 5.53. The van der Waals surface area contributed by atoms with Gasteiger partial charge in [-0.05, 0) is 12.8 Å². The second-order valence-corrected chi connectivity index (χ2v) is 7.19. The van der Waals surface area contributed by atoms with Crippen molar-refractivity contribution >= 4 is 21.5 Å². The molecule has 0 saturated carbocycles. The zero-order valence-corrected chi connectivity index (χ0v) is 22.5. The van der Waals surface area contributed by atoms with Gasteiger partial charge in [0.25, 0.3) is 0 Å². The third-order valence-corrected chi connectivity index (χ3v) is 4.99. The number of fused-ring (bicyclic) bond motifs is 2. The van der Waals surface area contributed by atoms with Crippen LogP contribution in [0.1, 0.15) is 50.7 Å². The minimum absolute atomic E-state index is 0. The molecule has 0 radical (unpaired) electrons. The molecule has 29 heavy (non-hydrogen) atoms. The van der Waals surface area contributed by atoms with Crippen molar-refractivity contribution in [2.75, 3.05) is 0 Å². The minimum atomic E-state index is 0. The Bertz CT molecular complexity index is 792. The molecule has 0 bridgehead atoms. The molecule has 0 amide bonds. The summed E-state index contributed by atoms with van der Waals surface area (Å²) in [4.78, 5) is 0. The van der Waals surface area contributed by atoms with Gasteiger partial charge in [-0.2, -0.15) is 12.1 Å². The van der Waals surface area contributed by atoms with E-state index >= 15 is 0 Å². The van der Waals surface area contributed by atoms with E-state index in [1.54, 1.807) is 0 Å². The number of unbranched alkanes of at least 4 members (excludes halogenated alkanes) is 2. The molecule has 0 heterocycles. The number of benzene rings is 2. The maximum atomic E-state index is 2.31. The fourth-order valence-corrected chi connectivity index (χ4v) is 3.48. The molecule has 0 fully saturated rings. The first-order valence-electron chi connectivity index (χ1n) is 10.1. The molecule has 0 unspecified atom stereocenters. The zero-order chi connectivity index (χ0) is 18.2. The van der Waals surface area contributed by atoms with Gasteiger partial charge < -0.3 is 24.8 Å². The van der Waals surface area contributed by atoms with Crippen LogP contribution in [0.4, 0.5) is 0 Å². The van der Waals surface area contributed by atoms with E-state index in [4.69, 9.17) is 0 Å². The van der Waals surface area contributed by atoms with Gasteiger partial charge in [-0.25, -0.2) is 0 Å². The number of hydrogen-bond acceptors (Lipinski definition) is 0. The number of halogens is 2. The Labute approximate surface area is 207 Å². The van der Waals surface area contributed by atoms with Crippen molar-refractivity contribution in [3.05, 3.63) is 83.9 Å². The quantitative estimate of drug-likeness (QED) is 0.237. The number of rotatable bonds is 6. The van der Waals surface area contributed by atoms with Crippen LogP contribution in [0.25, 0.3) is 21.5 Å². The molecule has 0 spiro atoms. The van der Waals surface area contributed by atoms with Crippen LogP contribution >= 0.6 is 0 Å². The van der Waals surface area contributed by atoms with Crippen LogP contribution in [0.2, 0.25) is 0 Å². The monoisotopic (exact) mass is 592 g/mol. The average molecular weight is 592 g/mol. The molecule has 152 valence electrons. The Kier molecular flexibility index (Phi) is 14.5. The van der Waals surface area contributed by atoms with Gasteiger partial charge in [0.15, 0.2) is 0 Å². The van der Waals surface area contributed by atoms with Crippen molar-refractivity contribution in [1.29, 1.82) is 0 Å². The van der Waals surface area contributed by atoms with Gasteiger partial charge in [0.1, 0.15) is 0 Å². The van der Waals surface area contributed by atoms with E-state index in [-0.39, 0.29) is 50.7 Å². The van der Waals surface area contributed by atoms with Crippen molar-refractivity contribution in [1.82, 2.24) is 0 Å². The summed E-state index contributed by atoms with van der Waals surface area (Å²) in [6.45, 7) is 4.48. The first-order valence-corrected chi connectivity index (χ1v) is 10.1. The predicted molar refractivity (Wildman–Crippen MR) is 116 cm³/mol. The third-order valence-electron chi connectivity index (χ3n) is 4.99. The third kappa shape index (κ3) is 8.40. The van der Waals surface area contributed by atoms with Crippen LogP contribution in [0, 0.1) is 0 Å². The van der Waals surface area contributed by atoms with Crippen molar-refractivity contribution in [2.24, 2.45) is 0 Å². The summed E-state index contributed by atoms with van der Waals surface area (Å²) in [5.74, 6) is 0. The molecule has 0 N–H and O–H groups in total. The Hall–Kier alpha value is -0.890. The van der Waals surface area contributed by atoms with Gasteiger partial charge in [-0.3, -0.25) is 0 Å². The first kappa shape index (κ1) is 28.1. The van der Waals surface area contributed by atoms with Crippen molar-refractivity contribution in [2.45, 2.75) is 52.4 Å². The van der Waals surface area contributed by atoms with Gasteiger partial charge in [0.05, 0.1) is 0 Å². The van der Waals surface area contributed by atoms with Crippen molar-refractivity contribution in [3.63, 3.8) is 0 Å². The number of aryl methyl sites for hydroxylation is 2. The standard InChI is InChI=1S/2C13H15.2ClH.Hf/c2*1-2-3-6-11-9-12-7-4-5-8-13(12)10-11;;;/h2*4-5,7-10H,2-3,6H2,1H3;2*1H;/q2*-1;;;+4/p-2. The van der Waals surface area contributed by atoms with Crippen LogP contribution in [-0.2, 0) is 38.7 Å². The van der Waals surface area contributed by atoms with Gasteiger partial charge in [-0.15, -0.1) is 81.2 Å². The first-order chi connectivity index (χ1) is 12.8. The topological polar surface area (TPSA) is 0 Å². The summed E-state index contributed by atoms with van der Waals surface area (Å²) >= 11 is 0. The molecule has 4 aromatic rings. The van der Waals surface area contributed by atoms with E-state index < -0.39 is 0 Å². The summed E-state index contributed by atoms with van der Waals surface area (Å²) in [7, 11) is 0. The van der Waals surface area contributed by atoms with Gasteiger partial charge >= 0.3 is 25.8 Å². The molecule has 4 aromatic carbocycles. The Balaban J connectivity index is 0.000000490.